The molecule has 0 amide bonds. The van der Waals surface area contributed by atoms with E-state index in [2.05, 4.69) is 48.6 Å². The highest BCUT2D eigenvalue weighted by molar-refractivity contribution is 5.78. The molecule has 0 unspecified atom stereocenters. The van der Waals surface area contributed by atoms with Gasteiger partial charge in [0.15, 0.2) is 5.96 Å². The molecule has 156 valence electrons. The number of imidazole rings is 1. The third kappa shape index (κ3) is 4.79. The summed E-state index contributed by atoms with van der Waals surface area (Å²) >= 11 is 0. The second kappa shape index (κ2) is 8.98. The number of aliphatic imine (C=N–C) groups is 1. The Morgan fingerprint density at radius 1 is 1.07 bits per heavy atom. The summed E-state index contributed by atoms with van der Waals surface area (Å²) in [7, 11) is 0. The lowest BCUT2D eigenvalue weighted by Crippen LogP contribution is -2.51. The minimum absolute atomic E-state index is 0.210. The van der Waals surface area contributed by atoms with Crippen LogP contribution in [0.5, 0.6) is 0 Å². The highest BCUT2D eigenvalue weighted by atomic mass is 19.1. The van der Waals surface area contributed by atoms with E-state index in [0.717, 1.165) is 49.8 Å². The number of aromatic nitrogens is 2. The molecule has 3 aromatic rings. The van der Waals surface area contributed by atoms with E-state index in [4.69, 9.17) is 5.73 Å². The van der Waals surface area contributed by atoms with Crippen LogP contribution in [-0.4, -0.2) is 46.6 Å². The first kappa shape index (κ1) is 19.9. The second-order valence-electron chi connectivity index (χ2n) is 7.55. The van der Waals surface area contributed by atoms with Crippen molar-refractivity contribution in [1.82, 2.24) is 14.5 Å². The van der Waals surface area contributed by atoms with E-state index in [9.17, 15) is 4.39 Å². The van der Waals surface area contributed by atoms with Crippen molar-refractivity contribution in [2.75, 3.05) is 31.1 Å². The van der Waals surface area contributed by atoms with Crippen molar-refractivity contribution in [3.8, 4) is 0 Å². The molecule has 0 aliphatic carbocycles. The molecule has 1 aromatic heterocycles. The van der Waals surface area contributed by atoms with Gasteiger partial charge in [-0.05, 0) is 42.3 Å². The van der Waals surface area contributed by atoms with Crippen LogP contribution in [0.3, 0.4) is 0 Å². The summed E-state index contributed by atoms with van der Waals surface area (Å²) in [5.74, 6) is 1.37. The van der Waals surface area contributed by atoms with Crippen molar-refractivity contribution in [3.63, 3.8) is 0 Å². The van der Waals surface area contributed by atoms with Crippen molar-refractivity contribution in [3.05, 3.63) is 83.7 Å². The van der Waals surface area contributed by atoms with Crippen molar-refractivity contribution in [2.45, 2.75) is 20.0 Å². The Hall–Kier alpha value is -3.35. The number of rotatable bonds is 5. The topological polar surface area (TPSA) is 62.7 Å². The van der Waals surface area contributed by atoms with Gasteiger partial charge in [-0.25, -0.2) is 14.4 Å². The maximum atomic E-state index is 13.1. The number of nitrogens with two attached hydrogens (primary N) is 1. The van der Waals surface area contributed by atoms with Gasteiger partial charge in [-0.3, -0.25) is 0 Å². The first-order chi connectivity index (χ1) is 14.6. The van der Waals surface area contributed by atoms with Gasteiger partial charge in [0.25, 0.3) is 0 Å². The van der Waals surface area contributed by atoms with Gasteiger partial charge in [-0.2, -0.15) is 0 Å². The van der Waals surface area contributed by atoms with Crippen molar-refractivity contribution >= 4 is 11.6 Å². The molecule has 0 bridgehead atoms. The monoisotopic (exact) mass is 406 g/mol. The number of hydrogen-bond donors (Lipinski definition) is 1. The quantitative estimate of drug-likeness (QED) is 0.523. The van der Waals surface area contributed by atoms with Gasteiger partial charge in [0.2, 0.25) is 0 Å². The molecule has 30 heavy (non-hydrogen) atoms. The molecule has 0 radical (unpaired) electrons. The maximum Gasteiger partial charge on any atom is 0.191 e. The lowest BCUT2D eigenvalue weighted by atomic mass is 10.1. The fourth-order valence-electron chi connectivity index (χ4n) is 3.71. The normalized spacial score (nSPS) is 14.9. The Bertz CT molecular complexity index is 1000. The first-order valence-corrected chi connectivity index (χ1v) is 10.2. The SMILES string of the molecule is Cc1nccn1Cc1cccc(CN=C(N)N2CCN(c3ccc(F)cc3)CC2)c1. The molecule has 0 saturated carbocycles. The highest BCUT2D eigenvalue weighted by Gasteiger charge is 2.18. The molecule has 1 saturated heterocycles. The summed E-state index contributed by atoms with van der Waals surface area (Å²) in [5.41, 5.74) is 9.66. The number of hydrogen-bond acceptors (Lipinski definition) is 3. The van der Waals surface area contributed by atoms with Crippen LogP contribution in [0.4, 0.5) is 10.1 Å². The van der Waals surface area contributed by atoms with Crippen LogP contribution in [0.1, 0.15) is 17.0 Å². The molecule has 2 aromatic carbocycles. The van der Waals surface area contributed by atoms with E-state index in [0.29, 0.717) is 12.5 Å². The molecular formula is C23H27FN6. The number of piperazine rings is 1. The van der Waals surface area contributed by atoms with Gasteiger partial charge >= 0.3 is 0 Å². The predicted molar refractivity (Wildman–Crippen MR) is 118 cm³/mol. The second-order valence-corrected chi connectivity index (χ2v) is 7.55. The Labute approximate surface area is 176 Å². The zero-order chi connectivity index (χ0) is 20.9. The van der Waals surface area contributed by atoms with E-state index in [1.165, 1.54) is 17.7 Å². The molecule has 0 atom stereocenters. The lowest BCUT2D eigenvalue weighted by Gasteiger charge is -2.36. The van der Waals surface area contributed by atoms with Crippen LogP contribution in [0.25, 0.3) is 0 Å². The summed E-state index contributed by atoms with van der Waals surface area (Å²) in [5, 5.41) is 0. The molecule has 7 heteroatoms. The van der Waals surface area contributed by atoms with Crippen LogP contribution in [-0.2, 0) is 13.1 Å². The molecule has 4 rings (SSSR count). The smallest absolute Gasteiger partial charge is 0.191 e. The van der Waals surface area contributed by atoms with Gasteiger partial charge in [0.05, 0.1) is 6.54 Å². The molecule has 6 nitrogen and oxygen atoms in total. The van der Waals surface area contributed by atoms with E-state index in [1.54, 1.807) is 0 Å². The number of benzene rings is 2. The largest absolute Gasteiger partial charge is 0.370 e. The third-order valence-corrected chi connectivity index (χ3v) is 5.49. The summed E-state index contributed by atoms with van der Waals surface area (Å²) in [6, 6.07) is 15.1. The minimum Gasteiger partial charge on any atom is -0.370 e. The Morgan fingerprint density at radius 3 is 2.50 bits per heavy atom. The highest BCUT2D eigenvalue weighted by Crippen LogP contribution is 2.17. The average Bonchev–Trinajstić information content (AvgIpc) is 3.17. The maximum absolute atomic E-state index is 13.1. The number of halogens is 1. The van der Waals surface area contributed by atoms with Crippen molar-refractivity contribution in [2.24, 2.45) is 10.7 Å². The fraction of sp³-hybridized carbons (Fsp3) is 0.304. The van der Waals surface area contributed by atoms with Crippen LogP contribution in [0, 0.1) is 12.7 Å². The standard InChI is InChI=1S/C23H27FN6/c1-18-26-9-10-30(18)17-20-4-2-3-19(15-20)16-27-23(25)29-13-11-28(12-14-29)22-7-5-21(24)6-8-22/h2-10,15H,11-14,16-17H2,1H3,(H2,25,27). The molecule has 1 aliphatic heterocycles. The number of anilines is 1. The van der Waals surface area contributed by atoms with Gasteiger partial charge in [0.1, 0.15) is 11.6 Å². The lowest BCUT2D eigenvalue weighted by molar-refractivity contribution is 0.380. The number of guanidine groups is 1. The Balaban J connectivity index is 1.33. The van der Waals surface area contributed by atoms with E-state index < -0.39 is 0 Å². The van der Waals surface area contributed by atoms with Crippen LogP contribution >= 0.6 is 0 Å². The fourth-order valence-corrected chi connectivity index (χ4v) is 3.71. The minimum atomic E-state index is -0.210. The molecule has 2 heterocycles. The zero-order valence-corrected chi connectivity index (χ0v) is 17.2. The van der Waals surface area contributed by atoms with Gasteiger partial charge < -0.3 is 20.1 Å². The Morgan fingerprint density at radius 2 is 1.80 bits per heavy atom. The van der Waals surface area contributed by atoms with E-state index in [1.807, 2.05) is 31.5 Å². The molecule has 1 aliphatic rings. The summed E-state index contributed by atoms with van der Waals surface area (Å²) in [6.07, 6.45) is 3.81. The summed E-state index contributed by atoms with van der Waals surface area (Å²) in [6.45, 7) is 6.62. The van der Waals surface area contributed by atoms with Crippen molar-refractivity contribution in [1.29, 1.82) is 0 Å². The van der Waals surface area contributed by atoms with E-state index in [-0.39, 0.29) is 5.82 Å². The summed E-state index contributed by atoms with van der Waals surface area (Å²) < 4.78 is 15.2. The number of aryl methyl sites for hydroxylation is 1. The van der Waals surface area contributed by atoms with Crippen molar-refractivity contribution < 1.29 is 4.39 Å². The van der Waals surface area contributed by atoms with E-state index >= 15 is 0 Å². The Kier molecular flexibility index (Phi) is 5.97. The van der Waals surface area contributed by atoms with Crippen LogP contribution in [0.15, 0.2) is 65.9 Å². The van der Waals surface area contributed by atoms with Crippen LogP contribution < -0.4 is 10.6 Å². The van der Waals surface area contributed by atoms with Gasteiger partial charge in [0, 0.05) is 50.8 Å². The number of nitrogens with zero attached hydrogens (tertiary/aromatic N) is 5. The first-order valence-electron chi connectivity index (χ1n) is 10.2. The van der Waals surface area contributed by atoms with Gasteiger partial charge in [-0.15, -0.1) is 0 Å². The molecular weight excluding hydrogens is 379 g/mol. The van der Waals surface area contributed by atoms with Crippen LogP contribution in [0.2, 0.25) is 0 Å². The predicted octanol–water partition coefficient (Wildman–Crippen LogP) is 3.02. The molecule has 2 N–H and O–H groups in total. The average molecular weight is 407 g/mol. The molecule has 0 spiro atoms. The molecule has 1 fully saturated rings. The summed E-state index contributed by atoms with van der Waals surface area (Å²) in [4.78, 5) is 13.2. The van der Waals surface area contributed by atoms with Gasteiger partial charge in [-0.1, -0.05) is 24.3 Å². The third-order valence-electron chi connectivity index (χ3n) is 5.49. The zero-order valence-electron chi connectivity index (χ0n) is 17.2.